The third-order valence-electron chi connectivity index (χ3n) is 6.25. The van der Waals surface area contributed by atoms with Crippen LogP contribution in [0, 0.1) is 5.82 Å². The number of hydrogen-bond donors (Lipinski definition) is 1. The largest absolute Gasteiger partial charge is 0.335 e. The molecule has 2 atom stereocenters. The topological polar surface area (TPSA) is 69.3 Å². The van der Waals surface area contributed by atoms with Crippen molar-refractivity contribution < 1.29 is 14.0 Å². The molecule has 1 N–H and O–H groups in total. The van der Waals surface area contributed by atoms with Gasteiger partial charge in [-0.1, -0.05) is 12.1 Å². The number of nitrogens with zero attached hydrogens (tertiary/aromatic N) is 3. The molecule has 1 aromatic heterocycles. The van der Waals surface area contributed by atoms with Gasteiger partial charge in [0.05, 0.1) is 17.3 Å². The van der Waals surface area contributed by atoms with Crippen LogP contribution in [0.15, 0.2) is 30.3 Å². The van der Waals surface area contributed by atoms with E-state index in [1.807, 2.05) is 9.80 Å². The summed E-state index contributed by atoms with van der Waals surface area (Å²) in [5, 5.41) is 6.93. The van der Waals surface area contributed by atoms with E-state index in [-0.39, 0.29) is 29.2 Å². The van der Waals surface area contributed by atoms with Gasteiger partial charge in [-0.2, -0.15) is 5.10 Å². The summed E-state index contributed by atoms with van der Waals surface area (Å²) in [6.07, 6.45) is 3.49. The van der Waals surface area contributed by atoms with Crippen molar-refractivity contribution in [1.29, 1.82) is 0 Å². The summed E-state index contributed by atoms with van der Waals surface area (Å²) in [4.78, 5) is 29.2. The number of carbonyl (C=O) groups excluding carboxylic acids is 2. The lowest BCUT2D eigenvalue weighted by Crippen LogP contribution is -2.68. The number of carbonyl (C=O) groups is 2. The van der Waals surface area contributed by atoms with E-state index >= 15 is 0 Å². The number of amides is 2. The molecule has 7 heteroatoms. The van der Waals surface area contributed by atoms with Gasteiger partial charge in [0.15, 0.2) is 0 Å². The number of piperidine rings is 2. The van der Waals surface area contributed by atoms with Crippen LogP contribution >= 0.6 is 0 Å². The van der Waals surface area contributed by atoms with Gasteiger partial charge in [-0.3, -0.25) is 14.7 Å². The molecule has 2 fully saturated rings. The highest BCUT2D eigenvalue weighted by Gasteiger charge is 2.49. The molecule has 0 spiro atoms. The first-order valence-electron chi connectivity index (χ1n) is 9.81. The van der Waals surface area contributed by atoms with E-state index < -0.39 is 0 Å². The molecule has 1 aromatic carbocycles. The van der Waals surface area contributed by atoms with Gasteiger partial charge in [0.2, 0.25) is 5.91 Å². The smallest absolute Gasteiger partial charge is 0.272 e. The van der Waals surface area contributed by atoms with Crippen molar-refractivity contribution in [2.24, 2.45) is 0 Å². The van der Waals surface area contributed by atoms with Crippen molar-refractivity contribution in [2.45, 2.75) is 51.1 Å². The molecule has 6 nitrogen and oxygen atoms in total. The maximum absolute atomic E-state index is 14.0. The Kier molecular flexibility index (Phi) is 4.69. The average Bonchev–Trinajstić information content (AvgIpc) is 3.16. The second-order valence-corrected chi connectivity index (χ2v) is 7.93. The number of rotatable bonds is 2. The van der Waals surface area contributed by atoms with Gasteiger partial charge < -0.3 is 9.80 Å². The summed E-state index contributed by atoms with van der Waals surface area (Å²) < 4.78 is 14.0. The fraction of sp³-hybridized carbons (Fsp3) is 0.476. The maximum Gasteiger partial charge on any atom is 0.272 e. The predicted octanol–water partition coefficient (Wildman–Crippen LogP) is 3.22. The molecule has 4 rings (SSSR count). The zero-order chi connectivity index (χ0) is 19.9. The number of nitrogens with one attached hydrogen (secondary N) is 1. The molecule has 0 bridgehead atoms. The fourth-order valence-corrected chi connectivity index (χ4v) is 4.90. The summed E-state index contributed by atoms with van der Waals surface area (Å²) >= 11 is 0. The van der Waals surface area contributed by atoms with Gasteiger partial charge in [0.25, 0.3) is 5.91 Å². The van der Waals surface area contributed by atoms with Crippen molar-refractivity contribution in [3.63, 3.8) is 0 Å². The van der Waals surface area contributed by atoms with Crippen LogP contribution in [0.3, 0.4) is 0 Å². The Morgan fingerprint density at radius 1 is 1.25 bits per heavy atom. The third kappa shape index (κ3) is 2.99. The first-order valence-corrected chi connectivity index (χ1v) is 9.81. The van der Waals surface area contributed by atoms with E-state index in [4.69, 9.17) is 0 Å². The minimum absolute atomic E-state index is 0.0217. The zero-order valence-corrected chi connectivity index (χ0v) is 16.2. The van der Waals surface area contributed by atoms with Crippen molar-refractivity contribution >= 4 is 11.8 Å². The molecule has 3 heterocycles. The molecule has 2 aromatic rings. The van der Waals surface area contributed by atoms with Crippen molar-refractivity contribution in [2.75, 3.05) is 13.1 Å². The lowest BCUT2D eigenvalue weighted by molar-refractivity contribution is -0.143. The predicted molar refractivity (Wildman–Crippen MR) is 103 cm³/mol. The highest BCUT2D eigenvalue weighted by atomic mass is 19.1. The van der Waals surface area contributed by atoms with E-state index in [9.17, 15) is 14.0 Å². The van der Waals surface area contributed by atoms with Gasteiger partial charge in [0, 0.05) is 25.6 Å². The Morgan fingerprint density at radius 3 is 2.79 bits per heavy atom. The van der Waals surface area contributed by atoms with Crippen LogP contribution in [0.2, 0.25) is 0 Å². The minimum Gasteiger partial charge on any atom is -0.335 e. The van der Waals surface area contributed by atoms with Crippen molar-refractivity contribution in [3.8, 4) is 11.3 Å². The maximum atomic E-state index is 14.0. The van der Waals surface area contributed by atoms with E-state index in [1.54, 1.807) is 31.2 Å². The monoisotopic (exact) mass is 384 g/mol. The van der Waals surface area contributed by atoms with E-state index in [1.165, 1.54) is 6.07 Å². The highest BCUT2D eigenvalue weighted by molar-refractivity contribution is 5.94. The number of hydrogen-bond acceptors (Lipinski definition) is 3. The lowest BCUT2D eigenvalue weighted by Gasteiger charge is -2.56. The molecular formula is C21H25FN4O2. The number of fused-ring (bicyclic) bond motifs is 1. The number of aromatic amines is 1. The van der Waals surface area contributed by atoms with E-state index in [0.717, 1.165) is 32.2 Å². The Morgan fingerprint density at radius 2 is 2.04 bits per heavy atom. The fourth-order valence-electron chi connectivity index (χ4n) is 4.90. The van der Waals surface area contributed by atoms with E-state index in [0.29, 0.717) is 23.5 Å². The molecule has 28 heavy (non-hydrogen) atoms. The number of aromatic nitrogens is 2. The van der Waals surface area contributed by atoms with Gasteiger partial charge in [-0.25, -0.2) is 4.39 Å². The summed E-state index contributed by atoms with van der Waals surface area (Å²) in [6, 6.07) is 7.97. The Bertz CT molecular complexity index is 911. The van der Waals surface area contributed by atoms with Crippen LogP contribution in [-0.2, 0) is 4.79 Å². The molecule has 148 valence electrons. The second-order valence-electron chi connectivity index (χ2n) is 7.93. The molecule has 0 radical (unpaired) electrons. The summed E-state index contributed by atoms with van der Waals surface area (Å²) in [5.74, 6) is -0.454. The normalized spacial score (nSPS) is 24.8. The molecular weight excluding hydrogens is 359 g/mol. The number of halogens is 1. The van der Waals surface area contributed by atoms with Gasteiger partial charge in [0.1, 0.15) is 11.5 Å². The molecule has 2 aliphatic heterocycles. The number of likely N-dealkylation sites (tertiary alicyclic amines) is 2. The quantitative estimate of drug-likeness (QED) is 0.864. The van der Waals surface area contributed by atoms with Gasteiger partial charge >= 0.3 is 0 Å². The number of H-pyrrole nitrogens is 1. The molecule has 2 amide bonds. The van der Waals surface area contributed by atoms with Crippen LogP contribution in [0.1, 0.15) is 50.0 Å². The van der Waals surface area contributed by atoms with Crippen LogP contribution in [0.5, 0.6) is 0 Å². The summed E-state index contributed by atoms with van der Waals surface area (Å²) in [6.45, 7) is 5.09. The molecule has 0 unspecified atom stereocenters. The Hall–Kier alpha value is -2.70. The first kappa shape index (κ1) is 18.7. The van der Waals surface area contributed by atoms with E-state index in [2.05, 4.69) is 17.1 Å². The third-order valence-corrected chi connectivity index (χ3v) is 6.25. The van der Waals surface area contributed by atoms with Crippen molar-refractivity contribution in [1.82, 2.24) is 20.0 Å². The Balaban J connectivity index is 1.62. The minimum atomic E-state index is -0.372. The average molecular weight is 384 g/mol. The van der Waals surface area contributed by atoms with Gasteiger partial charge in [-0.05, 0) is 50.8 Å². The lowest BCUT2D eigenvalue weighted by atomic mass is 9.76. The first-order chi connectivity index (χ1) is 13.4. The standard InChI is InChI=1S/C21H25FN4O2/c1-14(27)26-12-5-9-19-21(26,2)10-6-11-25(19)20(28)18-13-17(23-24-18)15-7-3-4-8-16(15)22/h3-4,7-8,13,19H,5-6,9-12H2,1-2H3,(H,23,24)/t19-,21-/m0/s1. The second kappa shape index (κ2) is 7.04. The van der Waals surface area contributed by atoms with Crippen LogP contribution in [-0.4, -0.2) is 56.5 Å². The zero-order valence-electron chi connectivity index (χ0n) is 16.2. The molecule has 2 aliphatic rings. The molecule has 2 saturated heterocycles. The summed E-state index contributed by atoms with van der Waals surface area (Å²) in [5.41, 5.74) is 0.784. The molecule has 0 saturated carbocycles. The molecule has 0 aliphatic carbocycles. The van der Waals surface area contributed by atoms with Crippen molar-refractivity contribution in [3.05, 3.63) is 41.8 Å². The van der Waals surface area contributed by atoms with Gasteiger partial charge in [-0.15, -0.1) is 0 Å². The van der Waals surface area contributed by atoms with Crippen LogP contribution < -0.4 is 0 Å². The SMILES string of the molecule is CC(=O)N1CCC[C@@H]2N(C(=O)c3cc(-c4ccccc4F)n[nH]3)CCC[C@@]21C. The summed E-state index contributed by atoms with van der Waals surface area (Å²) in [7, 11) is 0. The number of benzene rings is 1. The Labute approximate surface area is 163 Å². The van der Waals surface area contributed by atoms with Crippen LogP contribution in [0.4, 0.5) is 4.39 Å². The highest BCUT2D eigenvalue weighted by Crippen LogP contribution is 2.39. The van der Waals surface area contributed by atoms with Crippen LogP contribution in [0.25, 0.3) is 11.3 Å².